The van der Waals surface area contributed by atoms with Crippen molar-refractivity contribution in [2.45, 2.75) is 31.6 Å². The first-order valence-electron chi connectivity index (χ1n) is 6.67. The second kappa shape index (κ2) is 4.53. The van der Waals surface area contributed by atoms with E-state index in [9.17, 15) is 10.1 Å². The monoisotopic (exact) mass is 240 g/mol. The summed E-state index contributed by atoms with van der Waals surface area (Å²) in [6.07, 6.45) is 6.47. The molecule has 0 N–H and O–H groups in total. The first-order chi connectivity index (χ1) is 8.83. The number of hydrogen-bond acceptors (Lipinski definition) is 3. The number of nitriles is 1. The topological polar surface area (TPSA) is 53.8 Å². The molecular formula is C15H16N2O. The van der Waals surface area contributed by atoms with Crippen molar-refractivity contribution in [2.24, 2.45) is 17.8 Å². The van der Waals surface area contributed by atoms with Gasteiger partial charge in [0, 0.05) is 12.1 Å². The van der Waals surface area contributed by atoms with Crippen molar-refractivity contribution < 1.29 is 4.79 Å². The Balaban J connectivity index is 1.78. The number of fused-ring (bicyclic) bond motifs is 1. The molecule has 0 aliphatic heterocycles. The third-order valence-corrected chi connectivity index (χ3v) is 4.38. The molecule has 0 amide bonds. The summed E-state index contributed by atoms with van der Waals surface area (Å²) in [6, 6.07) is 7.55. The highest BCUT2D eigenvalue weighted by atomic mass is 16.1. The SMILES string of the molecule is N#CC(C(=O)C1C2CCCCC21)c1ccccn1. The van der Waals surface area contributed by atoms with Gasteiger partial charge in [-0.05, 0) is 36.8 Å². The lowest BCUT2D eigenvalue weighted by Gasteiger charge is -2.06. The van der Waals surface area contributed by atoms with E-state index in [1.54, 1.807) is 18.3 Å². The van der Waals surface area contributed by atoms with Crippen LogP contribution in [0.3, 0.4) is 0 Å². The van der Waals surface area contributed by atoms with E-state index in [2.05, 4.69) is 11.1 Å². The summed E-state index contributed by atoms with van der Waals surface area (Å²) in [6.45, 7) is 0. The zero-order valence-corrected chi connectivity index (χ0v) is 10.2. The summed E-state index contributed by atoms with van der Waals surface area (Å²) in [7, 11) is 0. The minimum absolute atomic E-state index is 0.105. The maximum absolute atomic E-state index is 12.4. The predicted octanol–water partition coefficient (Wildman–Crippen LogP) is 2.69. The molecule has 2 fully saturated rings. The molecular weight excluding hydrogens is 224 g/mol. The molecule has 18 heavy (non-hydrogen) atoms. The van der Waals surface area contributed by atoms with E-state index in [1.807, 2.05) is 6.07 Å². The maximum Gasteiger partial charge on any atom is 0.159 e. The Labute approximate surface area is 107 Å². The van der Waals surface area contributed by atoms with Crippen LogP contribution in [-0.4, -0.2) is 10.8 Å². The van der Waals surface area contributed by atoms with Crippen LogP contribution in [0, 0.1) is 29.1 Å². The molecule has 0 aromatic carbocycles. The second-order valence-electron chi connectivity index (χ2n) is 5.36. The van der Waals surface area contributed by atoms with E-state index in [4.69, 9.17) is 0 Å². The van der Waals surface area contributed by atoms with Crippen molar-refractivity contribution in [3.05, 3.63) is 30.1 Å². The molecule has 0 bridgehead atoms. The van der Waals surface area contributed by atoms with E-state index in [0.29, 0.717) is 17.5 Å². The number of rotatable bonds is 3. The van der Waals surface area contributed by atoms with Gasteiger partial charge in [0.05, 0.1) is 11.8 Å². The molecule has 3 nitrogen and oxygen atoms in total. The lowest BCUT2D eigenvalue weighted by atomic mass is 9.96. The number of carbonyl (C=O) groups is 1. The van der Waals surface area contributed by atoms with Gasteiger partial charge in [-0.3, -0.25) is 9.78 Å². The molecule has 3 rings (SSSR count). The average Bonchev–Trinajstić information content (AvgIpc) is 3.15. The lowest BCUT2D eigenvalue weighted by molar-refractivity contribution is -0.121. The number of carbonyl (C=O) groups excluding carboxylic acids is 1. The highest BCUT2D eigenvalue weighted by Gasteiger charge is 2.56. The Bertz CT molecular complexity index is 479. The minimum Gasteiger partial charge on any atom is -0.297 e. The fourth-order valence-electron chi connectivity index (χ4n) is 3.43. The molecule has 3 unspecified atom stereocenters. The van der Waals surface area contributed by atoms with Crippen LogP contribution < -0.4 is 0 Å². The zero-order valence-electron chi connectivity index (χ0n) is 10.2. The standard InChI is InChI=1S/C15H16N2O/c16-9-12(13-7-3-4-8-17-13)15(18)14-10-5-1-2-6-11(10)14/h3-4,7-8,10-12,14H,1-2,5-6H2. The molecule has 92 valence electrons. The number of aromatic nitrogens is 1. The summed E-state index contributed by atoms with van der Waals surface area (Å²) < 4.78 is 0. The lowest BCUT2D eigenvalue weighted by Crippen LogP contribution is -2.15. The molecule has 1 heterocycles. The van der Waals surface area contributed by atoms with Gasteiger partial charge in [-0.25, -0.2) is 0 Å². The van der Waals surface area contributed by atoms with Crippen LogP contribution in [0.5, 0.6) is 0 Å². The van der Waals surface area contributed by atoms with Crippen molar-refractivity contribution in [1.82, 2.24) is 4.98 Å². The van der Waals surface area contributed by atoms with E-state index < -0.39 is 5.92 Å². The zero-order chi connectivity index (χ0) is 12.5. The quantitative estimate of drug-likeness (QED) is 0.816. The van der Waals surface area contributed by atoms with Gasteiger partial charge >= 0.3 is 0 Å². The number of Topliss-reactive ketones (excluding diaryl/α,β-unsaturated/α-hetero) is 1. The third kappa shape index (κ3) is 1.82. The van der Waals surface area contributed by atoms with E-state index in [0.717, 1.165) is 0 Å². The third-order valence-electron chi connectivity index (χ3n) is 4.38. The largest absolute Gasteiger partial charge is 0.297 e. The highest BCUT2D eigenvalue weighted by molar-refractivity contribution is 5.92. The van der Waals surface area contributed by atoms with E-state index >= 15 is 0 Å². The Hall–Kier alpha value is -1.69. The first-order valence-corrected chi connectivity index (χ1v) is 6.67. The van der Waals surface area contributed by atoms with Gasteiger partial charge in [0.2, 0.25) is 0 Å². The molecule has 3 atom stereocenters. The molecule has 0 saturated heterocycles. The highest BCUT2D eigenvalue weighted by Crippen LogP contribution is 2.57. The molecule has 1 aromatic rings. The molecule has 1 aromatic heterocycles. The van der Waals surface area contributed by atoms with Gasteiger partial charge in [0.25, 0.3) is 0 Å². The molecule has 0 spiro atoms. The molecule has 3 heteroatoms. The minimum atomic E-state index is -0.665. The van der Waals surface area contributed by atoms with Gasteiger partial charge in [-0.2, -0.15) is 5.26 Å². The van der Waals surface area contributed by atoms with Crippen molar-refractivity contribution in [3.63, 3.8) is 0 Å². The van der Waals surface area contributed by atoms with Crippen LogP contribution in [0.1, 0.15) is 37.3 Å². The van der Waals surface area contributed by atoms with Crippen LogP contribution >= 0.6 is 0 Å². The number of nitrogens with zero attached hydrogens (tertiary/aromatic N) is 2. The summed E-state index contributed by atoms with van der Waals surface area (Å²) in [5, 5.41) is 9.25. The molecule has 2 saturated carbocycles. The van der Waals surface area contributed by atoms with Gasteiger partial charge in [0.1, 0.15) is 5.92 Å². The first kappa shape index (κ1) is 11.4. The van der Waals surface area contributed by atoms with Gasteiger partial charge in [-0.1, -0.05) is 18.9 Å². The van der Waals surface area contributed by atoms with Gasteiger partial charge in [0.15, 0.2) is 5.78 Å². The second-order valence-corrected chi connectivity index (χ2v) is 5.36. The molecule has 0 radical (unpaired) electrons. The van der Waals surface area contributed by atoms with Crippen molar-refractivity contribution in [3.8, 4) is 6.07 Å². The van der Waals surface area contributed by atoms with Crippen molar-refractivity contribution in [1.29, 1.82) is 5.26 Å². The number of ketones is 1. The summed E-state index contributed by atoms with van der Waals surface area (Å²) >= 11 is 0. The number of hydrogen-bond donors (Lipinski definition) is 0. The van der Waals surface area contributed by atoms with Crippen molar-refractivity contribution in [2.75, 3.05) is 0 Å². The van der Waals surface area contributed by atoms with Crippen LogP contribution in [0.15, 0.2) is 24.4 Å². The Morgan fingerprint density at radius 1 is 1.33 bits per heavy atom. The van der Waals surface area contributed by atoms with Crippen LogP contribution in [0.2, 0.25) is 0 Å². The van der Waals surface area contributed by atoms with E-state index in [1.165, 1.54) is 25.7 Å². The fourth-order valence-corrected chi connectivity index (χ4v) is 3.43. The molecule has 2 aliphatic carbocycles. The Morgan fingerprint density at radius 2 is 2.06 bits per heavy atom. The van der Waals surface area contributed by atoms with Gasteiger partial charge in [-0.15, -0.1) is 0 Å². The van der Waals surface area contributed by atoms with Crippen LogP contribution in [0.25, 0.3) is 0 Å². The fraction of sp³-hybridized carbons (Fsp3) is 0.533. The maximum atomic E-state index is 12.4. The Morgan fingerprint density at radius 3 is 2.61 bits per heavy atom. The Kier molecular flexibility index (Phi) is 2.87. The molecule has 2 aliphatic rings. The average molecular weight is 240 g/mol. The summed E-state index contributed by atoms with van der Waals surface area (Å²) in [4.78, 5) is 16.6. The summed E-state index contributed by atoms with van der Waals surface area (Å²) in [5.41, 5.74) is 0.605. The van der Waals surface area contributed by atoms with Crippen LogP contribution in [-0.2, 0) is 4.79 Å². The van der Waals surface area contributed by atoms with E-state index in [-0.39, 0.29) is 11.7 Å². The predicted molar refractivity (Wildman–Crippen MR) is 66.5 cm³/mol. The van der Waals surface area contributed by atoms with Gasteiger partial charge < -0.3 is 0 Å². The smallest absolute Gasteiger partial charge is 0.159 e. The normalized spacial score (nSPS) is 30.9. The van der Waals surface area contributed by atoms with Crippen molar-refractivity contribution >= 4 is 5.78 Å². The summed E-state index contributed by atoms with van der Waals surface area (Å²) in [5.74, 6) is 0.700. The van der Waals surface area contributed by atoms with Crippen LogP contribution in [0.4, 0.5) is 0 Å². The number of pyridine rings is 1.